The van der Waals surface area contributed by atoms with Crippen LogP contribution in [0.2, 0.25) is 0 Å². The first-order chi connectivity index (χ1) is 14.0. The van der Waals surface area contributed by atoms with Crippen LogP contribution in [0.15, 0.2) is 23.2 Å². The number of methoxy groups -OCH3 is 1. The molecule has 8 heteroatoms. The number of aliphatic imine (C=N–C) groups is 1. The van der Waals surface area contributed by atoms with E-state index in [1.807, 2.05) is 18.5 Å². The van der Waals surface area contributed by atoms with Gasteiger partial charge < -0.3 is 24.4 Å². The quantitative estimate of drug-likeness (QED) is 0.453. The summed E-state index contributed by atoms with van der Waals surface area (Å²) < 4.78 is 7.17. The first-order valence-corrected chi connectivity index (χ1v) is 10.2. The molecule has 8 nitrogen and oxygen atoms in total. The molecule has 1 aliphatic rings. The van der Waals surface area contributed by atoms with Crippen molar-refractivity contribution < 1.29 is 4.74 Å². The Kier molecular flexibility index (Phi) is 7.09. The largest absolute Gasteiger partial charge is 0.383 e. The van der Waals surface area contributed by atoms with E-state index >= 15 is 0 Å². The molecule has 1 fully saturated rings. The molecule has 1 aromatic carbocycles. The molecular formula is C21H33N7O. The number of aromatic nitrogens is 3. The molecule has 0 spiro atoms. The van der Waals surface area contributed by atoms with Crippen molar-refractivity contribution in [1.29, 1.82) is 0 Å². The fourth-order valence-electron chi connectivity index (χ4n) is 3.49. The molecule has 0 unspecified atom stereocenters. The van der Waals surface area contributed by atoms with E-state index in [0.717, 1.165) is 50.3 Å². The summed E-state index contributed by atoms with van der Waals surface area (Å²) in [5, 5.41) is 11.8. The summed E-state index contributed by atoms with van der Waals surface area (Å²) in [6.07, 6.45) is 0. The van der Waals surface area contributed by atoms with Crippen molar-refractivity contribution >= 4 is 11.6 Å². The van der Waals surface area contributed by atoms with Crippen LogP contribution in [0, 0.1) is 20.8 Å². The number of hydrogen-bond acceptors (Lipinski definition) is 5. The highest BCUT2D eigenvalue weighted by molar-refractivity contribution is 5.80. The van der Waals surface area contributed by atoms with E-state index in [1.165, 1.54) is 16.8 Å². The van der Waals surface area contributed by atoms with Gasteiger partial charge >= 0.3 is 0 Å². The predicted octanol–water partition coefficient (Wildman–Crippen LogP) is 1.65. The number of hydrogen-bond donors (Lipinski definition) is 1. The third-order valence-electron chi connectivity index (χ3n) is 5.43. The van der Waals surface area contributed by atoms with Crippen molar-refractivity contribution in [2.45, 2.75) is 27.3 Å². The average molecular weight is 400 g/mol. The van der Waals surface area contributed by atoms with Gasteiger partial charge in [0.05, 0.1) is 6.61 Å². The molecule has 29 heavy (non-hydrogen) atoms. The summed E-state index contributed by atoms with van der Waals surface area (Å²) in [5.74, 6) is 2.66. The molecular weight excluding hydrogens is 366 g/mol. The van der Waals surface area contributed by atoms with Crippen molar-refractivity contribution in [1.82, 2.24) is 25.0 Å². The Balaban J connectivity index is 1.67. The maximum Gasteiger partial charge on any atom is 0.194 e. The van der Waals surface area contributed by atoms with E-state index < -0.39 is 0 Å². The number of rotatable bonds is 6. The van der Waals surface area contributed by atoms with E-state index in [9.17, 15) is 0 Å². The van der Waals surface area contributed by atoms with Gasteiger partial charge in [-0.15, -0.1) is 10.2 Å². The van der Waals surface area contributed by atoms with Crippen LogP contribution in [0.3, 0.4) is 0 Å². The van der Waals surface area contributed by atoms with Crippen LogP contribution in [0.5, 0.6) is 0 Å². The highest BCUT2D eigenvalue weighted by Gasteiger charge is 2.21. The van der Waals surface area contributed by atoms with Crippen LogP contribution in [0.4, 0.5) is 5.69 Å². The molecule has 158 valence electrons. The van der Waals surface area contributed by atoms with Gasteiger partial charge in [0.1, 0.15) is 12.4 Å². The Labute approximate surface area is 173 Å². The number of benzene rings is 1. The molecule has 2 heterocycles. The molecule has 3 rings (SSSR count). The first kappa shape index (κ1) is 21.1. The molecule has 0 amide bonds. The zero-order chi connectivity index (χ0) is 20.8. The van der Waals surface area contributed by atoms with Gasteiger partial charge in [-0.3, -0.25) is 0 Å². The maximum atomic E-state index is 5.19. The van der Waals surface area contributed by atoms with Crippen molar-refractivity contribution in [2.75, 3.05) is 51.3 Å². The van der Waals surface area contributed by atoms with Crippen molar-refractivity contribution in [3.05, 3.63) is 41.0 Å². The maximum absolute atomic E-state index is 5.19. The molecule has 0 aliphatic carbocycles. The summed E-state index contributed by atoms with van der Waals surface area (Å²) >= 11 is 0. The number of ether oxygens (including phenoxy) is 1. The van der Waals surface area contributed by atoms with E-state index in [-0.39, 0.29) is 0 Å². The second-order valence-electron chi connectivity index (χ2n) is 7.55. The fraction of sp³-hybridized carbons (Fsp3) is 0.571. The Bertz CT molecular complexity index is 838. The predicted molar refractivity (Wildman–Crippen MR) is 116 cm³/mol. The number of piperazine rings is 1. The standard InChI is InChI=1S/C21H33N7O/c1-16-6-7-17(2)19(14-16)27-9-11-28(12-10-27)21(22-8-13-29-5)23-15-20-25-24-18(3)26(20)4/h6-7,14H,8-13,15H2,1-5H3,(H,22,23). The number of nitrogens with zero attached hydrogens (tertiary/aromatic N) is 6. The zero-order valence-electron chi connectivity index (χ0n) is 18.3. The Morgan fingerprint density at radius 3 is 2.55 bits per heavy atom. The van der Waals surface area contributed by atoms with Gasteiger partial charge in [-0.05, 0) is 38.0 Å². The smallest absolute Gasteiger partial charge is 0.194 e. The summed E-state index contributed by atoms with van der Waals surface area (Å²) in [6.45, 7) is 11.9. The molecule has 2 aromatic rings. The van der Waals surface area contributed by atoms with Crippen molar-refractivity contribution in [2.24, 2.45) is 12.0 Å². The summed E-state index contributed by atoms with van der Waals surface area (Å²) in [5.41, 5.74) is 3.97. The fourth-order valence-corrected chi connectivity index (χ4v) is 3.49. The van der Waals surface area contributed by atoms with Crippen LogP contribution in [-0.4, -0.2) is 72.1 Å². The van der Waals surface area contributed by atoms with Gasteiger partial charge in [0.2, 0.25) is 0 Å². The van der Waals surface area contributed by atoms with Crippen molar-refractivity contribution in [3.63, 3.8) is 0 Å². The minimum atomic E-state index is 0.504. The van der Waals surface area contributed by atoms with E-state index in [4.69, 9.17) is 9.73 Å². The van der Waals surface area contributed by atoms with E-state index in [0.29, 0.717) is 13.2 Å². The number of guanidine groups is 1. The number of nitrogens with one attached hydrogen (secondary N) is 1. The molecule has 0 saturated carbocycles. The third kappa shape index (κ3) is 5.26. The summed E-state index contributed by atoms with van der Waals surface area (Å²) in [6, 6.07) is 6.67. The lowest BCUT2D eigenvalue weighted by atomic mass is 10.1. The van der Waals surface area contributed by atoms with E-state index in [2.05, 4.69) is 57.4 Å². The van der Waals surface area contributed by atoms with Gasteiger partial charge in [0.15, 0.2) is 11.8 Å². The van der Waals surface area contributed by atoms with Crippen LogP contribution in [-0.2, 0) is 18.3 Å². The van der Waals surface area contributed by atoms with Gasteiger partial charge in [-0.25, -0.2) is 4.99 Å². The van der Waals surface area contributed by atoms with Crippen LogP contribution >= 0.6 is 0 Å². The Morgan fingerprint density at radius 1 is 1.14 bits per heavy atom. The number of anilines is 1. The average Bonchev–Trinajstić information content (AvgIpc) is 3.05. The monoisotopic (exact) mass is 399 g/mol. The highest BCUT2D eigenvalue weighted by Crippen LogP contribution is 2.22. The van der Waals surface area contributed by atoms with Gasteiger partial charge in [0, 0.05) is 52.6 Å². The first-order valence-electron chi connectivity index (χ1n) is 10.2. The number of aryl methyl sites for hydroxylation is 3. The minimum Gasteiger partial charge on any atom is -0.383 e. The molecule has 1 aliphatic heterocycles. The molecule has 0 bridgehead atoms. The molecule has 1 aromatic heterocycles. The van der Waals surface area contributed by atoms with Gasteiger partial charge in [-0.2, -0.15) is 0 Å². The van der Waals surface area contributed by atoms with Gasteiger partial charge in [0.25, 0.3) is 0 Å². The zero-order valence-corrected chi connectivity index (χ0v) is 18.3. The lowest BCUT2D eigenvalue weighted by Crippen LogP contribution is -2.53. The highest BCUT2D eigenvalue weighted by atomic mass is 16.5. The summed E-state index contributed by atoms with van der Waals surface area (Å²) in [7, 11) is 3.69. The summed E-state index contributed by atoms with van der Waals surface area (Å²) in [4.78, 5) is 9.62. The topological polar surface area (TPSA) is 70.8 Å². The van der Waals surface area contributed by atoms with Crippen LogP contribution in [0.25, 0.3) is 0 Å². The molecule has 0 radical (unpaired) electrons. The second kappa shape index (κ2) is 9.73. The normalized spacial score (nSPS) is 15.1. The second-order valence-corrected chi connectivity index (χ2v) is 7.55. The van der Waals surface area contributed by atoms with Gasteiger partial charge in [-0.1, -0.05) is 12.1 Å². The Morgan fingerprint density at radius 2 is 1.90 bits per heavy atom. The molecule has 0 atom stereocenters. The van der Waals surface area contributed by atoms with E-state index in [1.54, 1.807) is 7.11 Å². The molecule has 1 saturated heterocycles. The lowest BCUT2D eigenvalue weighted by molar-refractivity contribution is 0.202. The molecule has 1 N–H and O–H groups in total. The van der Waals surface area contributed by atoms with Crippen molar-refractivity contribution in [3.8, 4) is 0 Å². The minimum absolute atomic E-state index is 0.504. The SMILES string of the molecule is COCCNC(=NCc1nnc(C)n1C)N1CCN(c2cc(C)ccc2C)CC1. The Hall–Kier alpha value is -2.61. The van der Waals surface area contributed by atoms with Crippen LogP contribution < -0.4 is 10.2 Å². The van der Waals surface area contributed by atoms with Crippen LogP contribution in [0.1, 0.15) is 22.8 Å². The third-order valence-corrected chi connectivity index (χ3v) is 5.43. The lowest BCUT2D eigenvalue weighted by Gasteiger charge is -2.38.